The summed E-state index contributed by atoms with van der Waals surface area (Å²) in [6.45, 7) is 5.20. The summed E-state index contributed by atoms with van der Waals surface area (Å²) < 4.78 is 29.9. The summed E-state index contributed by atoms with van der Waals surface area (Å²) in [6, 6.07) is 5.21. The smallest absolute Gasteiger partial charge is 0.229 e. The number of rotatable bonds is 7. The number of anilines is 2. The Bertz CT molecular complexity index is 520. The average molecular weight is 307 g/mol. The molecule has 1 aromatic carbocycles. The van der Waals surface area contributed by atoms with E-state index in [0.29, 0.717) is 23.9 Å². The molecule has 0 saturated heterocycles. The second-order valence-corrected chi connectivity index (χ2v) is 6.43. The first kappa shape index (κ1) is 16.1. The monoisotopic (exact) mass is 306 g/mol. The SMILES string of the molecule is CCOC[C@@H](C)Nc1ccc(NS(C)(=O)=O)c(Cl)c1. The zero-order chi connectivity index (χ0) is 14.5. The molecule has 1 atom stereocenters. The molecule has 0 saturated carbocycles. The van der Waals surface area contributed by atoms with Gasteiger partial charge in [0.2, 0.25) is 10.0 Å². The predicted molar refractivity (Wildman–Crippen MR) is 79.5 cm³/mol. The normalized spacial score (nSPS) is 13.1. The zero-order valence-electron chi connectivity index (χ0n) is 11.2. The van der Waals surface area contributed by atoms with Gasteiger partial charge < -0.3 is 10.1 Å². The highest BCUT2D eigenvalue weighted by Crippen LogP contribution is 2.26. The summed E-state index contributed by atoms with van der Waals surface area (Å²) in [6.07, 6.45) is 1.08. The average Bonchev–Trinajstić information content (AvgIpc) is 2.28. The van der Waals surface area contributed by atoms with E-state index in [2.05, 4.69) is 10.0 Å². The van der Waals surface area contributed by atoms with E-state index in [1.54, 1.807) is 18.2 Å². The minimum Gasteiger partial charge on any atom is -0.380 e. The van der Waals surface area contributed by atoms with E-state index < -0.39 is 10.0 Å². The molecule has 0 heterocycles. The molecule has 0 spiro atoms. The molecular formula is C12H19ClN2O3S. The molecule has 0 amide bonds. The van der Waals surface area contributed by atoms with Crippen molar-refractivity contribution in [3.63, 3.8) is 0 Å². The first-order valence-electron chi connectivity index (χ1n) is 5.93. The van der Waals surface area contributed by atoms with Crippen LogP contribution in [0.15, 0.2) is 18.2 Å². The summed E-state index contributed by atoms with van der Waals surface area (Å²) in [5, 5.41) is 3.57. The van der Waals surface area contributed by atoms with E-state index in [1.807, 2.05) is 13.8 Å². The van der Waals surface area contributed by atoms with Crippen LogP contribution in [0.2, 0.25) is 5.02 Å². The van der Waals surface area contributed by atoms with E-state index in [4.69, 9.17) is 16.3 Å². The van der Waals surface area contributed by atoms with Crippen molar-refractivity contribution in [3.8, 4) is 0 Å². The molecule has 7 heteroatoms. The van der Waals surface area contributed by atoms with Crippen LogP contribution >= 0.6 is 11.6 Å². The third kappa shape index (κ3) is 6.13. The first-order chi connectivity index (χ1) is 8.81. The highest BCUT2D eigenvalue weighted by molar-refractivity contribution is 7.92. The molecule has 108 valence electrons. The quantitative estimate of drug-likeness (QED) is 0.812. The van der Waals surface area contributed by atoms with E-state index >= 15 is 0 Å². The lowest BCUT2D eigenvalue weighted by Crippen LogP contribution is -2.21. The molecule has 5 nitrogen and oxygen atoms in total. The topological polar surface area (TPSA) is 67.4 Å². The minimum atomic E-state index is -3.32. The summed E-state index contributed by atoms with van der Waals surface area (Å²) >= 11 is 6.03. The van der Waals surface area contributed by atoms with Crippen LogP contribution in [0.4, 0.5) is 11.4 Å². The Labute approximate surface area is 119 Å². The standard InChI is InChI=1S/C12H19ClN2O3S/c1-4-18-8-9(2)14-10-5-6-12(11(13)7-10)15-19(3,16)17/h5-7,9,14-15H,4,8H2,1-3H3/t9-/m1/s1. The number of halogens is 1. The Balaban J connectivity index is 2.71. The van der Waals surface area contributed by atoms with E-state index in [9.17, 15) is 8.42 Å². The van der Waals surface area contributed by atoms with Crippen molar-refractivity contribution < 1.29 is 13.2 Å². The number of benzene rings is 1. The Morgan fingerprint density at radius 2 is 2.11 bits per heavy atom. The van der Waals surface area contributed by atoms with Gasteiger partial charge in [-0.15, -0.1) is 0 Å². The number of nitrogens with one attached hydrogen (secondary N) is 2. The molecular weight excluding hydrogens is 288 g/mol. The van der Waals surface area contributed by atoms with Gasteiger partial charge in [-0.1, -0.05) is 11.6 Å². The summed E-state index contributed by atoms with van der Waals surface area (Å²) in [7, 11) is -3.32. The number of hydrogen-bond acceptors (Lipinski definition) is 4. The van der Waals surface area contributed by atoms with Gasteiger partial charge in [0.05, 0.1) is 23.6 Å². The zero-order valence-corrected chi connectivity index (χ0v) is 12.8. The number of hydrogen-bond donors (Lipinski definition) is 2. The van der Waals surface area contributed by atoms with Gasteiger partial charge in [-0.3, -0.25) is 4.72 Å². The van der Waals surface area contributed by atoms with E-state index in [1.165, 1.54) is 0 Å². The lowest BCUT2D eigenvalue weighted by molar-refractivity contribution is 0.141. The van der Waals surface area contributed by atoms with Crippen LogP contribution in [0.5, 0.6) is 0 Å². The molecule has 0 aromatic heterocycles. The van der Waals surface area contributed by atoms with E-state index in [0.717, 1.165) is 11.9 Å². The molecule has 1 aromatic rings. The Morgan fingerprint density at radius 1 is 1.42 bits per heavy atom. The maximum absolute atomic E-state index is 11.1. The largest absolute Gasteiger partial charge is 0.380 e. The molecule has 0 bridgehead atoms. The molecule has 19 heavy (non-hydrogen) atoms. The van der Waals surface area contributed by atoms with Crippen LogP contribution in [-0.4, -0.2) is 33.9 Å². The third-order valence-corrected chi connectivity index (χ3v) is 3.15. The van der Waals surface area contributed by atoms with Gasteiger partial charge in [-0.2, -0.15) is 0 Å². The van der Waals surface area contributed by atoms with Crippen LogP contribution in [-0.2, 0) is 14.8 Å². The van der Waals surface area contributed by atoms with Crippen molar-refractivity contribution in [1.82, 2.24) is 0 Å². The summed E-state index contributed by atoms with van der Waals surface area (Å²) in [5.41, 5.74) is 1.18. The lowest BCUT2D eigenvalue weighted by Gasteiger charge is -2.16. The van der Waals surface area contributed by atoms with Crippen LogP contribution < -0.4 is 10.0 Å². The van der Waals surface area contributed by atoms with Crippen molar-refractivity contribution in [3.05, 3.63) is 23.2 Å². The molecule has 0 fully saturated rings. The Hall–Kier alpha value is -0.980. The summed E-state index contributed by atoms with van der Waals surface area (Å²) in [5.74, 6) is 0. The summed E-state index contributed by atoms with van der Waals surface area (Å²) in [4.78, 5) is 0. The van der Waals surface area contributed by atoms with Gasteiger partial charge in [-0.05, 0) is 32.0 Å². The maximum atomic E-state index is 11.1. The highest BCUT2D eigenvalue weighted by atomic mass is 35.5. The Kier molecular flexibility index (Phi) is 5.90. The van der Waals surface area contributed by atoms with Crippen LogP contribution in [0.25, 0.3) is 0 Å². The van der Waals surface area contributed by atoms with Crippen molar-refractivity contribution in [2.75, 3.05) is 29.5 Å². The Morgan fingerprint density at radius 3 is 2.63 bits per heavy atom. The van der Waals surface area contributed by atoms with Crippen LogP contribution in [0.1, 0.15) is 13.8 Å². The fourth-order valence-electron chi connectivity index (χ4n) is 1.51. The van der Waals surface area contributed by atoms with Crippen molar-refractivity contribution in [2.24, 2.45) is 0 Å². The molecule has 0 unspecified atom stereocenters. The molecule has 0 aliphatic rings. The minimum absolute atomic E-state index is 0.143. The number of ether oxygens (including phenoxy) is 1. The fourth-order valence-corrected chi connectivity index (χ4v) is 2.37. The first-order valence-corrected chi connectivity index (χ1v) is 8.20. The van der Waals surface area contributed by atoms with Crippen molar-refractivity contribution >= 4 is 33.0 Å². The molecule has 0 aliphatic carbocycles. The van der Waals surface area contributed by atoms with E-state index in [-0.39, 0.29) is 6.04 Å². The molecule has 1 rings (SSSR count). The fraction of sp³-hybridized carbons (Fsp3) is 0.500. The highest BCUT2D eigenvalue weighted by Gasteiger charge is 2.08. The number of sulfonamides is 1. The second kappa shape index (κ2) is 6.98. The van der Waals surface area contributed by atoms with Crippen molar-refractivity contribution in [1.29, 1.82) is 0 Å². The van der Waals surface area contributed by atoms with Crippen LogP contribution in [0.3, 0.4) is 0 Å². The lowest BCUT2D eigenvalue weighted by atomic mass is 10.2. The molecule has 0 radical (unpaired) electrons. The van der Waals surface area contributed by atoms with Crippen molar-refractivity contribution in [2.45, 2.75) is 19.9 Å². The second-order valence-electron chi connectivity index (χ2n) is 4.27. The molecule has 0 aliphatic heterocycles. The third-order valence-electron chi connectivity index (χ3n) is 2.25. The van der Waals surface area contributed by atoms with Gasteiger partial charge in [-0.25, -0.2) is 8.42 Å². The van der Waals surface area contributed by atoms with Gasteiger partial charge in [0.15, 0.2) is 0 Å². The van der Waals surface area contributed by atoms with Gasteiger partial charge >= 0.3 is 0 Å². The van der Waals surface area contributed by atoms with Crippen LogP contribution in [0, 0.1) is 0 Å². The predicted octanol–water partition coefficient (Wildman–Crippen LogP) is 2.55. The maximum Gasteiger partial charge on any atom is 0.229 e. The van der Waals surface area contributed by atoms with Gasteiger partial charge in [0.25, 0.3) is 0 Å². The molecule has 2 N–H and O–H groups in total. The van der Waals surface area contributed by atoms with Gasteiger partial charge in [0.1, 0.15) is 0 Å². The van der Waals surface area contributed by atoms with Gasteiger partial charge in [0, 0.05) is 18.3 Å².